The smallest absolute Gasteiger partial charge is 0.328 e. The maximum Gasteiger partial charge on any atom is 0.391 e. The molecule has 19 heavy (non-hydrogen) atoms. The molecule has 0 saturated carbocycles. The van der Waals surface area contributed by atoms with E-state index in [0.29, 0.717) is 6.07 Å². The molecule has 1 N–H and O–H groups in total. The fourth-order valence-corrected chi connectivity index (χ4v) is 2.39. The van der Waals surface area contributed by atoms with Gasteiger partial charge in [0.05, 0.1) is 11.9 Å². The Hall–Kier alpha value is -1.44. The average Bonchev–Trinajstić information content (AvgIpc) is 2.52. The van der Waals surface area contributed by atoms with Gasteiger partial charge in [0.15, 0.2) is 10.6 Å². The van der Waals surface area contributed by atoms with Crippen LogP contribution in [0.5, 0.6) is 0 Å². The van der Waals surface area contributed by atoms with E-state index >= 15 is 0 Å². The second kappa shape index (κ2) is 4.59. The Morgan fingerprint density at radius 2 is 1.95 bits per heavy atom. The largest absolute Gasteiger partial charge is 0.391 e. The molecule has 0 saturated heterocycles. The second-order valence-electron chi connectivity index (χ2n) is 4.25. The van der Waals surface area contributed by atoms with Crippen molar-refractivity contribution in [1.29, 1.82) is 0 Å². The SMILES string of the molecule is CC(CC(F)(F)F)n1c(=S)[nH]c2c(F)cc(F)cc21. The minimum absolute atomic E-state index is 0.0146. The molecule has 104 valence electrons. The number of nitrogens with zero attached hydrogens (tertiary/aromatic N) is 1. The summed E-state index contributed by atoms with van der Waals surface area (Å²) in [5, 5.41) is 0. The number of rotatable bonds is 2. The molecule has 0 bridgehead atoms. The van der Waals surface area contributed by atoms with Crippen LogP contribution < -0.4 is 0 Å². The lowest BCUT2D eigenvalue weighted by Crippen LogP contribution is -2.16. The predicted octanol–water partition coefficient (Wildman–Crippen LogP) is 4.49. The maximum atomic E-state index is 13.5. The van der Waals surface area contributed by atoms with Crippen LogP contribution in [0.4, 0.5) is 22.0 Å². The van der Waals surface area contributed by atoms with Crippen LogP contribution in [0, 0.1) is 16.4 Å². The number of nitrogens with one attached hydrogen (secondary N) is 1. The molecule has 0 radical (unpaired) electrons. The number of halogens is 5. The molecule has 2 rings (SSSR count). The van der Waals surface area contributed by atoms with Crippen molar-refractivity contribution in [3.8, 4) is 0 Å². The van der Waals surface area contributed by atoms with Gasteiger partial charge in [-0.1, -0.05) is 0 Å². The maximum absolute atomic E-state index is 13.5. The molecular formula is C11H9F5N2S. The van der Waals surface area contributed by atoms with Gasteiger partial charge in [0.25, 0.3) is 0 Å². The quantitative estimate of drug-likeness (QED) is 0.639. The Bertz CT molecular complexity index is 670. The molecule has 1 aromatic heterocycles. The molecule has 1 unspecified atom stereocenters. The molecule has 2 aromatic rings. The third kappa shape index (κ3) is 2.78. The molecule has 8 heteroatoms. The topological polar surface area (TPSA) is 20.7 Å². The summed E-state index contributed by atoms with van der Waals surface area (Å²) in [7, 11) is 0. The number of hydrogen-bond acceptors (Lipinski definition) is 1. The van der Waals surface area contributed by atoms with Gasteiger partial charge in [-0.3, -0.25) is 0 Å². The van der Waals surface area contributed by atoms with Crippen LogP contribution in [0.1, 0.15) is 19.4 Å². The summed E-state index contributed by atoms with van der Waals surface area (Å²) in [4.78, 5) is 2.46. The van der Waals surface area contributed by atoms with Gasteiger partial charge in [0, 0.05) is 12.1 Å². The van der Waals surface area contributed by atoms with E-state index in [1.807, 2.05) is 0 Å². The van der Waals surface area contributed by atoms with E-state index in [1.165, 1.54) is 6.92 Å². The van der Waals surface area contributed by atoms with Gasteiger partial charge in [-0.25, -0.2) is 8.78 Å². The fraction of sp³-hybridized carbons (Fsp3) is 0.364. The van der Waals surface area contributed by atoms with Crippen molar-refractivity contribution in [3.05, 3.63) is 28.5 Å². The summed E-state index contributed by atoms with van der Waals surface area (Å²) in [5.41, 5.74) is -0.111. The Balaban J connectivity index is 2.60. The fourth-order valence-electron chi connectivity index (χ4n) is 2.01. The monoisotopic (exact) mass is 296 g/mol. The van der Waals surface area contributed by atoms with Crippen molar-refractivity contribution in [3.63, 3.8) is 0 Å². The molecule has 0 fully saturated rings. The first-order valence-electron chi connectivity index (χ1n) is 5.35. The Labute approximate surface area is 109 Å². The van der Waals surface area contributed by atoms with Gasteiger partial charge in [0.2, 0.25) is 0 Å². The zero-order valence-electron chi connectivity index (χ0n) is 9.68. The first-order chi connectivity index (χ1) is 8.69. The number of alkyl halides is 3. The third-order valence-electron chi connectivity index (χ3n) is 2.71. The molecule has 1 atom stereocenters. The van der Waals surface area contributed by atoms with Gasteiger partial charge in [-0.2, -0.15) is 13.2 Å². The van der Waals surface area contributed by atoms with E-state index in [-0.39, 0.29) is 15.8 Å². The van der Waals surface area contributed by atoms with Crippen LogP contribution in [0.25, 0.3) is 11.0 Å². The minimum atomic E-state index is -4.39. The molecule has 1 aromatic carbocycles. The van der Waals surface area contributed by atoms with Crippen LogP contribution in [-0.2, 0) is 0 Å². The zero-order chi connectivity index (χ0) is 14.4. The van der Waals surface area contributed by atoms with Crippen molar-refractivity contribution < 1.29 is 22.0 Å². The molecule has 0 spiro atoms. The standard InChI is InChI=1S/C11H9F5N2S/c1-5(4-11(14,15)16)18-8-3-6(12)2-7(13)9(8)17-10(18)19/h2-3,5H,4H2,1H3,(H,17,19). The van der Waals surface area contributed by atoms with E-state index in [0.717, 1.165) is 10.6 Å². The second-order valence-corrected chi connectivity index (χ2v) is 4.64. The number of fused-ring (bicyclic) bond motifs is 1. The van der Waals surface area contributed by atoms with Crippen molar-refractivity contribution in [1.82, 2.24) is 9.55 Å². The summed E-state index contributed by atoms with van der Waals surface area (Å²) < 4.78 is 64.8. The van der Waals surface area contributed by atoms with Crippen LogP contribution in [-0.4, -0.2) is 15.7 Å². The highest BCUT2D eigenvalue weighted by Gasteiger charge is 2.31. The molecule has 1 heterocycles. The first-order valence-corrected chi connectivity index (χ1v) is 5.76. The van der Waals surface area contributed by atoms with Crippen molar-refractivity contribution >= 4 is 23.3 Å². The normalized spacial score (nSPS) is 14.0. The highest BCUT2D eigenvalue weighted by molar-refractivity contribution is 7.71. The number of aromatic nitrogens is 2. The lowest BCUT2D eigenvalue weighted by molar-refractivity contribution is -0.141. The van der Waals surface area contributed by atoms with Gasteiger partial charge in [-0.15, -0.1) is 0 Å². The van der Waals surface area contributed by atoms with Crippen molar-refractivity contribution in [2.75, 3.05) is 0 Å². The van der Waals surface area contributed by atoms with Crippen LogP contribution in [0.2, 0.25) is 0 Å². The number of H-pyrrole nitrogens is 1. The van der Waals surface area contributed by atoms with E-state index in [2.05, 4.69) is 4.98 Å². The molecular weight excluding hydrogens is 287 g/mol. The third-order valence-corrected chi connectivity index (χ3v) is 3.01. The van der Waals surface area contributed by atoms with Gasteiger partial charge in [0.1, 0.15) is 11.3 Å². The molecule has 0 aliphatic heterocycles. The molecule has 0 amide bonds. The van der Waals surface area contributed by atoms with E-state index < -0.39 is 30.3 Å². The first kappa shape index (κ1) is 14.0. The van der Waals surface area contributed by atoms with E-state index in [9.17, 15) is 22.0 Å². The highest BCUT2D eigenvalue weighted by atomic mass is 32.1. The summed E-state index contributed by atoms with van der Waals surface area (Å²) in [6, 6.07) is 0.548. The van der Waals surface area contributed by atoms with E-state index in [4.69, 9.17) is 12.2 Å². The van der Waals surface area contributed by atoms with Crippen LogP contribution in [0.3, 0.4) is 0 Å². The zero-order valence-corrected chi connectivity index (χ0v) is 10.5. The predicted molar refractivity (Wildman–Crippen MR) is 62.4 cm³/mol. The van der Waals surface area contributed by atoms with Gasteiger partial charge < -0.3 is 9.55 Å². The highest BCUT2D eigenvalue weighted by Crippen LogP contribution is 2.30. The van der Waals surface area contributed by atoms with Crippen LogP contribution >= 0.6 is 12.2 Å². The number of benzene rings is 1. The van der Waals surface area contributed by atoms with Crippen LogP contribution in [0.15, 0.2) is 12.1 Å². The average molecular weight is 296 g/mol. The van der Waals surface area contributed by atoms with Crippen molar-refractivity contribution in [2.24, 2.45) is 0 Å². The minimum Gasteiger partial charge on any atom is -0.328 e. The Morgan fingerprint density at radius 1 is 1.32 bits per heavy atom. The lowest BCUT2D eigenvalue weighted by Gasteiger charge is -2.16. The van der Waals surface area contributed by atoms with E-state index in [1.54, 1.807) is 0 Å². The molecule has 0 aliphatic carbocycles. The summed E-state index contributed by atoms with van der Waals surface area (Å²) in [6.07, 6.45) is -5.52. The van der Waals surface area contributed by atoms with Gasteiger partial charge >= 0.3 is 6.18 Å². The molecule has 0 aliphatic rings. The summed E-state index contributed by atoms with van der Waals surface area (Å²) in [5.74, 6) is -1.76. The van der Waals surface area contributed by atoms with Crippen molar-refractivity contribution in [2.45, 2.75) is 25.6 Å². The Morgan fingerprint density at radius 3 is 2.53 bits per heavy atom. The number of aromatic amines is 1. The number of imidazole rings is 1. The summed E-state index contributed by atoms with van der Waals surface area (Å²) >= 11 is 4.87. The number of hydrogen-bond donors (Lipinski definition) is 1. The Kier molecular flexibility index (Phi) is 3.38. The lowest BCUT2D eigenvalue weighted by atomic mass is 10.2. The summed E-state index contributed by atoms with van der Waals surface area (Å²) in [6.45, 7) is 1.29. The van der Waals surface area contributed by atoms with Gasteiger partial charge in [-0.05, 0) is 25.2 Å². The molecule has 2 nitrogen and oxygen atoms in total.